The molecule has 1 atom stereocenters. The number of nitrogens with zero attached hydrogens (tertiary/aromatic N) is 3. The maximum Gasteiger partial charge on any atom is 0.366 e. The van der Waals surface area contributed by atoms with Crippen LogP contribution in [0.5, 0.6) is 5.75 Å². The SMILES string of the molecule is CCCCOc1ccc([C@]2(C)CC(c3ccc(C(C)=O)s3)=C(n3nn[nH]c3=O)C(=O)N2)cc1. The Hall–Kier alpha value is -3.53. The highest BCUT2D eigenvalue weighted by Gasteiger charge is 2.39. The number of ether oxygens (including phenoxy) is 1. The van der Waals surface area contributed by atoms with E-state index in [0.29, 0.717) is 23.5 Å². The van der Waals surface area contributed by atoms with E-state index in [2.05, 4.69) is 27.8 Å². The monoisotopic (exact) mass is 467 g/mol. The van der Waals surface area contributed by atoms with Crippen LogP contribution in [0.2, 0.25) is 0 Å². The highest BCUT2D eigenvalue weighted by Crippen LogP contribution is 2.41. The number of ketones is 1. The summed E-state index contributed by atoms with van der Waals surface area (Å²) in [6, 6.07) is 11.2. The number of benzene rings is 1. The highest BCUT2D eigenvalue weighted by atomic mass is 32.1. The van der Waals surface area contributed by atoms with Crippen molar-refractivity contribution in [3.63, 3.8) is 0 Å². The molecule has 1 aliphatic rings. The van der Waals surface area contributed by atoms with Crippen LogP contribution in [0.1, 0.15) is 60.1 Å². The fraction of sp³-hybridized carbons (Fsp3) is 0.348. The van der Waals surface area contributed by atoms with Crippen LogP contribution < -0.4 is 15.7 Å². The molecule has 4 rings (SSSR count). The van der Waals surface area contributed by atoms with E-state index in [1.807, 2.05) is 31.2 Å². The third-order valence-corrected chi connectivity index (χ3v) is 6.86. The molecule has 3 heterocycles. The second-order valence-corrected chi connectivity index (χ2v) is 9.24. The van der Waals surface area contributed by atoms with Gasteiger partial charge < -0.3 is 10.1 Å². The molecule has 1 aromatic carbocycles. The van der Waals surface area contributed by atoms with Gasteiger partial charge in [0.1, 0.15) is 11.4 Å². The Bertz CT molecular complexity index is 1270. The molecule has 9 nitrogen and oxygen atoms in total. The first-order chi connectivity index (χ1) is 15.8. The van der Waals surface area contributed by atoms with Crippen LogP contribution in [0.25, 0.3) is 11.3 Å². The van der Waals surface area contributed by atoms with E-state index in [1.165, 1.54) is 18.3 Å². The zero-order valence-electron chi connectivity index (χ0n) is 18.7. The molecule has 0 aliphatic carbocycles. The first kappa shape index (κ1) is 22.7. The van der Waals surface area contributed by atoms with Crippen LogP contribution in [-0.2, 0) is 10.3 Å². The maximum atomic E-state index is 13.3. The molecule has 2 aromatic heterocycles. The number of thiophene rings is 1. The van der Waals surface area contributed by atoms with Crippen molar-refractivity contribution in [2.45, 2.75) is 45.6 Å². The van der Waals surface area contributed by atoms with E-state index in [9.17, 15) is 14.4 Å². The zero-order chi connectivity index (χ0) is 23.6. The summed E-state index contributed by atoms with van der Waals surface area (Å²) in [5.41, 5.74) is 0.260. The number of tetrazole rings is 1. The van der Waals surface area contributed by atoms with Gasteiger partial charge in [0.05, 0.1) is 17.0 Å². The molecular formula is C23H25N5O4S. The quantitative estimate of drug-likeness (QED) is 0.388. The molecular weight excluding hydrogens is 442 g/mol. The number of unbranched alkanes of at least 4 members (excludes halogenated alkanes) is 1. The summed E-state index contributed by atoms with van der Waals surface area (Å²) in [5.74, 6) is 0.261. The van der Waals surface area contributed by atoms with Crippen molar-refractivity contribution in [3.8, 4) is 5.75 Å². The topological polar surface area (TPSA) is 119 Å². The summed E-state index contributed by atoms with van der Waals surface area (Å²) in [6.07, 6.45) is 2.43. The molecule has 10 heteroatoms. The van der Waals surface area contributed by atoms with Gasteiger partial charge in [0.25, 0.3) is 5.91 Å². The first-order valence-electron chi connectivity index (χ1n) is 10.7. The van der Waals surface area contributed by atoms with Crippen molar-refractivity contribution in [2.24, 2.45) is 0 Å². The number of aromatic nitrogens is 4. The lowest BCUT2D eigenvalue weighted by molar-refractivity contribution is -0.118. The first-order valence-corrected chi connectivity index (χ1v) is 11.5. The Morgan fingerprint density at radius 1 is 1.21 bits per heavy atom. The molecule has 0 fully saturated rings. The Kier molecular flexibility index (Phi) is 6.28. The third kappa shape index (κ3) is 4.51. The Morgan fingerprint density at radius 2 is 1.97 bits per heavy atom. The Morgan fingerprint density at radius 3 is 2.58 bits per heavy atom. The fourth-order valence-corrected chi connectivity index (χ4v) is 4.76. The van der Waals surface area contributed by atoms with Gasteiger partial charge >= 0.3 is 5.69 Å². The number of hydrogen-bond acceptors (Lipinski definition) is 7. The van der Waals surface area contributed by atoms with Gasteiger partial charge in [-0.2, -0.15) is 4.68 Å². The van der Waals surface area contributed by atoms with Crippen molar-refractivity contribution >= 4 is 34.3 Å². The van der Waals surface area contributed by atoms with Gasteiger partial charge in [-0.25, -0.2) is 9.89 Å². The normalized spacial score (nSPS) is 18.3. The number of carbonyl (C=O) groups excluding carboxylic acids is 2. The largest absolute Gasteiger partial charge is 0.494 e. The van der Waals surface area contributed by atoms with Gasteiger partial charge in [0, 0.05) is 16.9 Å². The van der Waals surface area contributed by atoms with Gasteiger partial charge in [0.2, 0.25) is 0 Å². The van der Waals surface area contributed by atoms with Crippen LogP contribution in [-0.4, -0.2) is 38.5 Å². The Labute approximate surface area is 194 Å². The summed E-state index contributed by atoms with van der Waals surface area (Å²) in [4.78, 5) is 38.7. The summed E-state index contributed by atoms with van der Waals surface area (Å²) in [6.45, 7) is 6.19. The van der Waals surface area contributed by atoms with E-state index in [4.69, 9.17) is 4.74 Å². The second kappa shape index (κ2) is 9.14. The number of aromatic amines is 1. The predicted molar refractivity (Wildman–Crippen MR) is 125 cm³/mol. The number of nitrogens with one attached hydrogen (secondary N) is 2. The molecule has 0 saturated carbocycles. The maximum absolute atomic E-state index is 13.3. The van der Waals surface area contributed by atoms with E-state index < -0.39 is 17.1 Å². The average Bonchev–Trinajstić information content (AvgIpc) is 3.44. The minimum Gasteiger partial charge on any atom is -0.494 e. The minimum atomic E-state index is -0.744. The number of H-pyrrole nitrogens is 1. The molecule has 0 radical (unpaired) electrons. The van der Waals surface area contributed by atoms with Gasteiger partial charge in [-0.3, -0.25) is 9.59 Å². The van der Waals surface area contributed by atoms with E-state index >= 15 is 0 Å². The number of Topliss-reactive ketones (excluding diaryl/α,β-unsaturated/α-hetero) is 1. The van der Waals surface area contributed by atoms with Gasteiger partial charge in [0.15, 0.2) is 5.78 Å². The summed E-state index contributed by atoms with van der Waals surface area (Å²) >= 11 is 1.28. The smallest absolute Gasteiger partial charge is 0.366 e. The fourth-order valence-electron chi connectivity index (χ4n) is 3.82. The lowest BCUT2D eigenvalue weighted by atomic mass is 9.81. The van der Waals surface area contributed by atoms with Gasteiger partial charge in [-0.05, 0) is 60.5 Å². The van der Waals surface area contributed by atoms with Crippen LogP contribution in [0, 0.1) is 0 Å². The van der Waals surface area contributed by atoms with Crippen LogP contribution in [0.15, 0.2) is 41.2 Å². The van der Waals surface area contributed by atoms with Crippen LogP contribution in [0.4, 0.5) is 0 Å². The minimum absolute atomic E-state index is 0.0614. The molecule has 1 aliphatic heterocycles. The molecule has 172 valence electrons. The summed E-state index contributed by atoms with van der Waals surface area (Å²) in [5, 5.41) is 12.6. The van der Waals surface area contributed by atoms with Gasteiger partial charge in [-0.15, -0.1) is 11.3 Å². The van der Waals surface area contributed by atoms with Crippen LogP contribution in [0.3, 0.4) is 0 Å². The van der Waals surface area contributed by atoms with Crippen molar-refractivity contribution in [2.75, 3.05) is 6.61 Å². The lowest BCUT2D eigenvalue weighted by Gasteiger charge is -2.37. The zero-order valence-corrected chi connectivity index (χ0v) is 19.5. The molecule has 0 saturated heterocycles. The van der Waals surface area contributed by atoms with E-state index in [-0.39, 0.29) is 11.5 Å². The molecule has 0 bridgehead atoms. The molecule has 1 amide bonds. The average molecular weight is 468 g/mol. The van der Waals surface area contributed by atoms with E-state index in [0.717, 1.165) is 33.7 Å². The third-order valence-electron chi connectivity index (χ3n) is 5.61. The van der Waals surface area contributed by atoms with Crippen molar-refractivity contribution < 1.29 is 14.3 Å². The van der Waals surface area contributed by atoms with Crippen molar-refractivity contribution in [1.82, 2.24) is 25.5 Å². The molecule has 3 aromatic rings. The van der Waals surface area contributed by atoms with Gasteiger partial charge in [-0.1, -0.05) is 25.5 Å². The Balaban J connectivity index is 1.75. The summed E-state index contributed by atoms with van der Waals surface area (Å²) < 4.78 is 6.71. The molecule has 2 N–H and O–H groups in total. The number of carbonyl (C=O) groups is 2. The molecule has 0 unspecified atom stereocenters. The van der Waals surface area contributed by atoms with Crippen molar-refractivity contribution in [3.05, 3.63) is 62.2 Å². The molecule has 0 spiro atoms. The number of rotatable bonds is 8. The molecule has 33 heavy (non-hydrogen) atoms. The second-order valence-electron chi connectivity index (χ2n) is 8.15. The standard InChI is InChI=1S/C23H25N5O4S/c1-4-5-12-32-16-8-6-15(7-9-16)23(3)13-17(19-11-10-18(33-19)14(2)29)20(21(30)24-23)28-22(31)25-26-27-28/h6-11H,4-5,12-13H2,1-3H3,(H,24,30)(H,25,27,31)/t23-/m0/s1. The number of amides is 1. The lowest BCUT2D eigenvalue weighted by Crippen LogP contribution is -2.49. The predicted octanol–water partition coefficient (Wildman–Crippen LogP) is 3.21. The number of hydrogen-bond donors (Lipinski definition) is 2. The summed E-state index contributed by atoms with van der Waals surface area (Å²) in [7, 11) is 0. The van der Waals surface area contributed by atoms with Crippen LogP contribution >= 0.6 is 11.3 Å². The van der Waals surface area contributed by atoms with E-state index in [1.54, 1.807) is 12.1 Å². The van der Waals surface area contributed by atoms with Crippen molar-refractivity contribution in [1.29, 1.82) is 0 Å². The highest BCUT2D eigenvalue weighted by molar-refractivity contribution is 7.15.